The van der Waals surface area contributed by atoms with Gasteiger partial charge in [0.1, 0.15) is 5.75 Å². The maximum atomic E-state index is 5.47. The highest BCUT2D eigenvalue weighted by Gasteiger charge is 2.31. The van der Waals surface area contributed by atoms with Crippen LogP contribution in [0.1, 0.15) is 36.6 Å². The second-order valence-corrected chi connectivity index (χ2v) is 5.25. The molecular formula is C15H24N2O. The number of nitrogens with one attached hydrogen (secondary N) is 1. The Morgan fingerprint density at radius 1 is 1.44 bits per heavy atom. The lowest BCUT2D eigenvalue weighted by molar-refractivity contribution is 0.405. The van der Waals surface area contributed by atoms with Gasteiger partial charge in [0.05, 0.1) is 7.11 Å². The van der Waals surface area contributed by atoms with Gasteiger partial charge in [-0.3, -0.25) is 4.98 Å². The summed E-state index contributed by atoms with van der Waals surface area (Å²) in [6.45, 7) is 7.37. The van der Waals surface area contributed by atoms with Gasteiger partial charge in [-0.2, -0.15) is 0 Å². The van der Waals surface area contributed by atoms with Crippen LogP contribution in [0, 0.1) is 19.8 Å². The molecule has 1 N–H and O–H groups in total. The zero-order valence-corrected chi connectivity index (χ0v) is 11.9. The molecule has 1 atom stereocenters. The Hall–Kier alpha value is -1.09. The third-order valence-corrected chi connectivity index (χ3v) is 3.82. The fourth-order valence-corrected chi connectivity index (χ4v) is 2.65. The van der Waals surface area contributed by atoms with Crippen molar-refractivity contribution < 1.29 is 4.74 Å². The molecular weight excluding hydrogens is 224 g/mol. The van der Waals surface area contributed by atoms with Crippen LogP contribution < -0.4 is 10.1 Å². The van der Waals surface area contributed by atoms with E-state index in [0.717, 1.165) is 30.2 Å². The minimum absolute atomic E-state index is 0.577. The molecule has 1 aliphatic carbocycles. The summed E-state index contributed by atoms with van der Waals surface area (Å²) >= 11 is 0. The van der Waals surface area contributed by atoms with Crippen molar-refractivity contribution in [3.63, 3.8) is 0 Å². The maximum Gasteiger partial charge on any atom is 0.128 e. The number of aromatic nitrogens is 1. The van der Waals surface area contributed by atoms with Crippen LogP contribution in [0.5, 0.6) is 5.75 Å². The lowest BCUT2D eigenvalue weighted by Crippen LogP contribution is -2.33. The lowest BCUT2D eigenvalue weighted by Gasteiger charge is -2.19. The van der Waals surface area contributed by atoms with E-state index in [2.05, 4.69) is 24.1 Å². The third kappa shape index (κ3) is 2.83. The molecule has 3 heteroatoms. The first-order chi connectivity index (χ1) is 8.67. The van der Waals surface area contributed by atoms with Gasteiger partial charge in [-0.1, -0.05) is 6.92 Å². The van der Waals surface area contributed by atoms with E-state index in [1.54, 1.807) is 7.11 Å². The van der Waals surface area contributed by atoms with Crippen molar-refractivity contribution in [3.05, 3.63) is 23.0 Å². The number of rotatable bonds is 6. The van der Waals surface area contributed by atoms with Crippen LogP contribution in [-0.4, -0.2) is 24.7 Å². The second-order valence-electron chi connectivity index (χ2n) is 5.25. The number of hydrogen-bond donors (Lipinski definition) is 1. The number of aryl methyl sites for hydroxylation is 1. The van der Waals surface area contributed by atoms with Crippen molar-refractivity contribution in [2.24, 2.45) is 5.92 Å². The smallest absolute Gasteiger partial charge is 0.128 e. The molecule has 0 saturated heterocycles. The number of likely N-dealkylation sites (N-methyl/N-ethyl adjacent to an activating group) is 1. The molecule has 1 fully saturated rings. The number of ether oxygens (including phenoxy) is 1. The summed E-state index contributed by atoms with van der Waals surface area (Å²) in [6.07, 6.45) is 5.66. The summed E-state index contributed by atoms with van der Waals surface area (Å²) in [5.41, 5.74) is 3.49. The van der Waals surface area contributed by atoms with Gasteiger partial charge in [-0.15, -0.1) is 0 Å². The van der Waals surface area contributed by atoms with E-state index in [1.807, 2.05) is 13.1 Å². The third-order valence-electron chi connectivity index (χ3n) is 3.82. The topological polar surface area (TPSA) is 34.2 Å². The van der Waals surface area contributed by atoms with Crippen LogP contribution in [0.25, 0.3) is 0 Å². The summed E-state index contributed by atoms with van der Waals surface area (Å²) < 4.78 is 5.47. The monoisotopic (exact) mass is 248 g/mol. The number of methoxy groups -OCH3 is 1. The van der Waals surface area contributed by atoms with Crippen molar-refractivity contribution in [3.8, 4) is 5.75 Å². The summed E-state index contributed by atoms with van der Waals surface area (Å²) in [6, 6.07) is 0.577. The number of nitrogens with zero attached hydrogens (tertiary/aromatic N) is 1. The molecule has 1 aromatic heterocycles. The Balaban J connectivity index is 2.17. The minimum Gasteiger partial charge on any atom is -0.496 e. The first-order valence-electron chi connectivity index (χ1n) is 6.89. The molecule has 0 bridgehead atoms. The highest BCUT2D eigenvalue weighted by atomic mass is 16.5. The van der Waals surface area contributed by atoms with Crippen molar-refractivity contribution >= 4 is 0 Å². The second kappa shape index (κ2) is 5.70. The van der Waals surface area contributed by atoms with Crippen LogP contribution in [-0.2, 0) is 6.42 Å². The Kier molecular flexibility index (Phi) is 4.23. The summed E-state index contributed by atoms with van der Waals surface area (Å²) in [5, 5.41) is 3.59. The van der Waals surface area contributed by atoms with Crippen LogP contribution >= 0.6 is 0 Å². The van der Waals surface area contributed by atoms with Gasteiger partial charge in [0.2, 0.25) is 0 Å². The summed E-state index contributed by atoms with van der Waals surface area (Å²) in [5.74, 6) is 1.84. The Labute approximate surface area is 110 Å². The van der Waals surface area contributed by atoms with Crippen LogP contribution in [0.15, 0.2) is 6.20 Å². The fourth-order valence-electron chi connectivity index (χ4n) is 2.65. The zero-order valence-electron chi connectivity index (χ0n) is 11.9. The molecule has 0 radical (unpaired) electrons. The van der Waals surface area contributed by atoms with E-state index in [9.17, 15) is 0 Å². The highest BCUT2D eigenvalue weighted by Crippen LogP contribution is 2.35. The molecule has 100 valence electrons. The molecule has 1 aromatic rings. The largest absolute Gasteiger partial charge is 0.496 e. The molecule has 0 spiro atoms. The minimum atomic E-state index is 0.577. The lowest BCUT2D eigenvalue weighted by atomic mass is 10.0. The zero-order chi connectivity index (χ0) is 13.1. The van der Waals surface area contributed by atoms with Gasteiger partial charge >= 0.3 is 0 Å². The van der Waals surface area contributed by atoms with E-state index in [-0.39, 0.29) is 0 Å². The maximum absolute atomic E-state index is 5.47. The molecule has 0 aliphatic heterocycles. The highest BCUT2D eigenvalue weighted by molar-refractivity contribution is 5.41. The Morgan fingerprint density at radius 3 is 2.72 bits per heavy atom. The van der Waals surface area contributed by atoms with E-state index in [0.29, 0.717) is 6.04 Å². The van der Waals surface area contributed by atoms with Gasteiger partial charge in [-0.25, -0.2) is 0 Å². The Morgan fingerprint density at radius 2 is 2.17 bits per heavy atom. The number of pyridine rings is 1. The SMILES string of the molecule is CCNC(Cc1ncc(C)c(OC)c1C)C1CC1. The van der Waals surface area contributed by atoms with Gasteiger partial charge in [-0.05, 0) is 39.2 Å². The van der Waals surface area contributed by atoms with E-state index < -0.39 is 0 Å². The van der Waals surface area contributed by atoms with Gasteiger partial charge in [0.15, 0.2) is 0 Å². The van der Waals surface area contributed by atoms with Gasteiger partial charge in [0.25, 0.3) is 0 Å². The molecule has 1 aliphatic rings. The Bertz CT molecular complexity index is 413. The van der Waals surface area contributed by atoms with Gasteiger partial charge < -0.3 is 10.1 Å². The van der Waals surface area contributed by atoms with Crippen molar-refractivity contribution in [2.75, 3.05) is 13.7 Å². The number of hydrogen-bond acceptors (Lipinski definition) is 3. The molecule has 1 saturated carbocycles. The predicted molar refractivity (Wildman–Crippen MR) is 74.2 cm³/mol. The molecule has 2 rings (SSSR count). The van der Waals surface area contributed by atoms with Crippen molar-refractivity contribution in [2.45, 2.75) is 46.1 Å². The molecule has 1 unspecified atom stereocenters. The normalized spacial score (nSPS) is 16.7. The predicted octanol–water partition coefficient (Wildman–Crippen LogP) is 2.64. The molecule has 3 nitrogen and oxygen atoms in total. The first kappa shape index (κ1) is 13.3. The average Bonchev–Trinajstić information content (AvgIpc) is 3.16. The van der Waals surface area contributed by atoms with Crippen LogP contribution in [0.3, 0.4) is 0 Å². The van der Waals surface area contributed by atoms with Crippen LogP contribution in [0.4, 0.5) is 0 Å². The first-order valence-corrected chi connectivity index (χ1v) is 6.89. The van der Waals surface area contributed by atoms with Crippen molar-refractivity contribution in [1.82, 2.24) is 10.3 Å². The van der Waals surface area contributed by atoms with Gasteiger partial charge in [0, 0.05) is 35.5 Å². The molecule has 18 heavy (non-hydrogen) atoms. The molecule has 1 heterocycles. The van der Waals surface area contributed by atoms with E-state index in [4.69, 9.17) is 4.74 Å². The average molecular weight is 248 g/mol. The summed E-state index contributed by atoms with van der Waals surface area (Å²) in [4.78, 5) is 4.60. The van der Waals surface area contributed by atoms with E-state index >= 15 is 0 Å². The molecule has 0 aromatic carbocycles. The van der Waals surface area contributed by atoms with Crippen LogP contribution in [0.2, 0.25) is 0 Å². The van der Waals surface area contributed by atoms with Crippen molar-refractivity contribution in [1.29, 1.82) is 0 Å². The fraction of sp³-hybridized carbons (Fsp3) is 0.667. The molecule has 0 amide bonds. The quantitative estimate of drug-likeness (QED) is 0.840. The standard InChI is InChI=1S/C15H24N2O/c1-5-16-14(12-6-7-12)8-13-11(3)15(18-4)10(2)9-17-13/h9,12,14,16H,5-8H2,1-4H3. The van der Waals surface area contributed by atoms with E-state index in [1.165, 1.54) is 24.1 Å². The summed E-state index contributed by atoms with van der Waals surface area (Å²) in [7, 11) is 1.74.